The molecular formula is C20H28N2O5. The maximum absolute atomic E-state index is 12.9. The summed E-state index contributed by atoms with van der Waals surface area (Å²) >= 11 is 0. The van der Waals surface area contributed by atoms with Crippen LogP contribution in [0.5, 0.6) is 11.5 Å². The van der Waals surface area contributed by atoms with Gasteiger partial charge in [-0.15, -0.1) is 0 Å². The van der Waals surface area contributed by atoms with Crippen LogP contribution < -0.4 is 14.8 Å². The van der Waals surface area contributed by atoms with Gasteiger partial charge in [0.15, 0.2) is 11.5 Å². The van der Waals surface area contributed by atoms with Crippen LogP contribution in [0.2, 0.25) is 0 Å². The number of ether oxygens (including phenoxy) is 3. The number of fused-ring (bicyclic) bond motifs is 1. The number of rotatable bonds is 5. The van der Waals surface area contributed by atoms with Crippen molar-refractivity contribution in [2.24, 2.45) is 0 Å². The lowest BCUT2D eigenvalue weighted by atomic mass is 9.90. The summed E-state index contributed by atoms with van der Waals surface area (Å²) in [6.45, 7) is 0.544. The monoisotopic (exact) mass is 376 g/mol. The first-order chi connectivity index (χ1) is 13.1. The van der Waals surface area contributed by atoms with Crippen LogP contribution in [-0.2, 0) is 16.0 Å². The molecule has 1 heterocycles. The molecule has 1 aromatic carbocycles. The van der Waals surface area contributed by atoms with E-state index in [4.69, 9.17) is 14.2 Å². The number of hydrogen-bond donors (Lipinski definition) is 1. The molecule has 0 saturated heterocycles. The van der Waals surface area contributed by atoms with Crippen molar-refractivity contribution < 1.29 is 23.8 Å². The van der Waals surface area contributed by atoms with Crippen molar-refractivity contribution in [3.8, 4) is 11.5 Å². The minimum Gasteiger partial charge on any atom is -0.493 e. The Bertz CT molecular complexity index is 700. The van der Waals surface area contributed by atoms with Gasteiger partial charge in [-0.2, -0.15) is 0 Å². The Morgan fingerprint density at radius 1 is 1.11 bits per heavy atom. The normalized spacial score (nSPS) is 19.4. The number of benzene rings is 1. The van der Waals surface area contributed by atoms with Crippen LogP contribution in [0.25, 0.3) is 0 Å². The number of methoxy groups -OCH3 is 3. The SMILES string of the molecule is COC(=O)C[C@@H]1c2cc(OC)c(OC)cc2CCN1C(=O)NC1CCCC1. The van der Waals surface area contributed by atoms with Crippen molar-refractivity contribution in [3.63, 3.8) is 0 Å². The van der Waals surface area contributed by atoms with E-state index in [9.17, 15) is 9.59 Å². The van der Waals surface area contributed by atoms with Gasteiger partial charge >= 0.3 is 12.0 Å². The summed E-state index contributed by atoms with van der Waals surface area (Å²) in [6.07, 6.45) is 5.14. The van der Waals surface area contributed by atoms with E-state index in [1.54, 1.807) is 19.1 Å². The average Bonchev–Trinajstić information content (AvgIpc) is 3.19. The molecule has 27 heavy (non-hydrogen) atoms. The predicted molar refractivity (Wildman–Crippen MR) is 100 cm³/mol. The fraction of sp³-hybridized carbons (Fsp3) is 0.600. The molecule has 148 valence electrons. The van der Waals surface area contributed by atoms with Gasteiger partial charge in [0, 0.05) is 12.6 Å². The third kappa shape index (κ3) is 4.12. The number of amides is 2. The number of hydrogen-bond acceptors (Lipinski definition) is 5. The van der Waals surface area contributed by atoms with E-state index in [1.165, 1.54) is 7.11 Å². The van der Waals surface area contributed by atoms with Crippen LogP contribution in [0, 0.1) is 0 Å². The Hall–Kier alpha value is -2.44. The van der Waals surface area contributed by atoms with Crippen molar-refractivity contribution in [2.45, 2.75) is 50.6 Å². The van der Waals surface area contributed by atoms with Crippen LogP contribution in [0.15, 0.2) is 12.1 Å². The molecule has 1 saturated carbocycles. The maximum atomic E-state index is 12.9. The molecule has 7 nitrogen and oxygen atoms in total. The van der Waals surface area contributed by atoms with Gasteiger partial charge < -0.3 is 24.4 Å². The zero-order valence-electron chi connectivity index (χ0n) is 16.2. The van der Waals surface area contributed by atoms with Gasteiger partial charge in [-0.1, -0.05) is 12.8 Å². The molecule has 1 atom stereocenters. The molecule has 3 rings (SSSR count). The van der Waals surface area contributed by atoms with E-state index in [1.807, 2.05) is 12.1 Å². The molecular weight excluding hydrogens is 348 g/mol. The largest absolute Gasteiger partial charge is 0.493 e. The van der Waals surface area contributed by atoms with Crippen LogP contribution in [0.3, 0.4) is 0 Å². The zero-order valence-corrected chi connectivity index (χ0v) is 16.2. The van der Waals surface area contributed by atoms with E-state index >= 15 is 0 Å². The summed E-state index contributed by atoms with van der Waals surface area (Å²) in [5.74, 6) is 0.891. The van der Waals surface area contributed by atoms with E-state index in [2.05, 4.69) is 5.32 Å². The number of nitrogens with zero attached hydrogens (tertiary/aromatic N) is 1. The molecule has 0 unspecified atom stereocenters. The maximum Gasteiger partial charge on any atom is 0.318 e. The summed E-state index contributed by atoms with van der Waals surface area (Å²) in [5, 5.41) is 3.13. The second kappa shape index (κ2) is 8.50. The van der Waals surface area contributed by atoms with Crippen LogP contribution in [0.1, 0.15) is 49.3 Å². The third-order valence-electron chi connectivity index (χ3n) is 5.53. The molecule has 2 aliphatic rings. The number of esters is 1. The van der Waals surface area contributed by atoms with Gasteiger partial charge in [0.1, 0.15) is 0 Å². The van der Waals surface area contributed by atoms with E-state index < -0.39 is 0 Å². The first kappa shape index (κ1) is 19.3. The second-order valence-electron chi connectivity index (χ2n) is 7.08. The molecule has 0 spiro atoms. The van der Waals surface area contributed by atoms with Crippen LogP contribution in [-0.4, -0.2) is 50.8 Å². The van der Waals surface area contributed by atoms with Gasteiger partial charge in [-0.25, -0.2) is 4.79 Å². The fourth-order valence-electron chi connectivity index (χ4n) is 4.06. The molecule has 1 aliphatic carbocycles. The summed E-state index contributed by atoms with van der Waals surface area (Å²) in [5.41, 5.74) is 1.97. The number of carbonyl (C=O) groups excluding carboxylic acids is 2. The van der Waals surface area contributed by atoms with Gasteiger partial charge in [-0.05, 0) is 42.5 Å². The molecule has 1 fully saturated rings. The smallest absolute Gasteiger partial charge is 0.318 e. The Balaban J connectivity index is 1.90. The summed E-state index contributed by atoms with van der Waals surface area (Å²) < 4.78 is 15.7. The van der Waals surface area contributed by atoms with E-state index in [0.29, 0.717) is 24.5 Å². The quantitative estimate of drug-likeness (QED) is 0.800. The second-order valence-corrected chi connectivity index (χ2v) is 7.08. The molecule has 7 heteroatoms. The van der Waals surface area contributed by atoms with Gasteiger partial charge in [-0.3, -0.25) is 4.79 Å². The molecule has 1 aliphatic heterocycles. The highest BCUT2D eigenvalue weighted by Gasteiger charge is 2.35. The highest BCUT2D eigenvalue weighted by Crippen LogP contribution is 2.39. The number of nitrogens with one attached hydrogen (secondary N) is 1. The molecule has 0 aromatic heterocycles. The average molecular weight is 376 g/mol. The van der Waals surface area contributed by atoms with E-state index in [-0.39, 0.29) is 30.5 Å². The molecule has 0 bridgehead atoms. The number of carbonyl (C=O) groups is 2. The van der Waals surface area contributed by atoms with Gasteiger partial charge in [0.2, 0.25) is 0 Å². The fourth-order valence-corrected chi connectivity index (χ4v) is 4.06. The lowest BCUT2D eigenvalue weighted by Crippen LogP contribution is -2.48. The zero-order chi connectivity index (χ0) is 19.4. The van der Waals surface area contributed by atoms with Gasteiger partial charge in [0.05, 0.1) is 33.8 Å². The van der Waals surface area contributed by atoms with E-state index in [0.717, 1.165) is 36.8 Å². The Morgan fingerprint density at radius 2 is 1.78 bits per heavy atom. The van der Waals surface area contributed by atoms with Crippen molar-refractivity contribution in [3.05, 3.63) is 23.3 Å². The van der Waals surface area contributed by atoms with Crippen molar-refractivity contribution in [1.29, 1.82) is 0 Å². The molecule has 0 radical (unpaired) electrons. The van der Waals surface area contributed by atoms with Crippen molar-refractivity contribution in [1.82, 2.24) is 10.2 Å². The lowest BCUT2D eigenvalue weighted by molar-refractivity contribution is -0.141. The van der Waals surface area contributed by atoms with Crippen LogP contribution >= 0.6 is 0 Å². The molecule has 1 aromatic rings. The van der Waals surface area contributed by atoms with Gasteiger partial charge in [0.25, 0.3) is 0 Å². The summed E-state index contributed by atoms with van der Waals surface area (Å²) in [4.78, 5) is 26.7. The topological polar surface area (TPSA) is 77.1 Å². The Kier molecular flexibility index (Phi) is 6.08. The highest BCUT2D eigenvalue weighted by atomic mass is 16.5. The van der Waals surface area contributed by atoms with Crippen molar-refractivity contribution in [2.75, 3.05) is 27.9 Å². The predicted octanol–water partition coefficient (Wildman–Crippen LogP) is 2.82. The Labute approximate surface area is 160 Å². The standard InChI is InChI=1S/C20H28N2O5/c1-25-17-10-13-8-9-22(20(24)21-14-6-4-5-7-14)16(12-19(23)27-3)15(13)11-18(17)26-2/h10-11,14,16H,4-9,12H2,1-3H3,(H,21,24)/t16-/m1/s1. The third-order valence-corrected chi connectivity index (χ3v) is 5.53. The lowest BCUT2D eigenvalue weighted by Gasteiger charge is -2.38. The minimum absolute atomic E-state index is 0.108. The highest BCUT2D eigenvalue weighted by molar-refractivity contribution is 5.78. The number of urea groups is 1. The van der Waals surface area contributed by atoms with Crippen molar-refractivity contribution >= 4 is 12.0 Å². The summed E-state index contributed by atoms with van der Waals surface area (Å²) in [6, 6.07) is 3.53. The summed E-state index contributed by atoms with van der Waals surface area (Å²) in [7, 11) is 4.54. The molecule has 1 N–H and O–H groups in total. The Morgan fingerprint density at radius 3 is 2.41 bits per heavy atom. The first-order valence-electron chi connectivity index (χ1n) is 9.46. The van der Waals surface area contributed by atoms with Crippen LogP contribution in [0.4, 0.5) is 4.79 Å². The minimum atomic E-state index is -0.387. The molecule has 2 amide bonds. The first-order valence-corrected chi connectivity index (χ1v) is 9.46.